The molecule has 0 radical (unpaired) electrons. The molecular formula is C21H15BrN4O3S. The standard InChI is InChI=1S/C21H15BrN4O3S/c1-12-16(20(29)26(24-12)15-5-3-2-4-6-15)11-17-18(27)23-21(30)25(19(17)28)14-9-7-13(22)8-10-14/h2-11,16H,1H3,(H,23,27,30)/b17-11+. The summed E-state index contributed by atoms with van der Waals surface area (Å²) in [6, 6.07) is 15.9. The highest BCUT2D eigenvalue weighted by atomic mass is 79.9. The molecule has 0 bridgehead atoms. The summed E-state index contributed by atoms with van der Waals surface area (Å²) in [4.78, 5) is 39.8. The summed E-state index contributed by atoms with van der Waals surface area (Å²) in [6.07, 6.45) is 1.36. The molecule has 30 heavy (non-hydrogen) atoms. The van der Waals surface area contributed by atoms with Crippen molar-refractivity contribution in [3.05, 3.63) is 70.7 Å². The van der Waals surface area contributed by atoms with Gasteiger partial charge in [-0.05, 0) is 61.6 Å². The maximum atomic E-state index is 13.1. The number of anilines is 2. The first kappa shape index (κ1) is 20.1. The molecule has 1 saturated heterocycles. The van der Waals surface area contributed by atoms with Gasteiger partial charge in [-0.15, -0.1) is 0 Å². The first-order valence-corrected chi connectivity index (χ1v) is 10.2. The molecule has 3 amide bonds. The first-order valence-electron chi connectivity index (χ1n) is 8.98. The molecule has 2 heterocycles. The number of hydrazone groups is 1. The van der Waals surface area contributed by atoms with E-state index in [-0.39, 0.29) is 16.6 Å². The number of halogens is 1. The Hall–Kier alpha value is -3.17. The first-order chi connectivity index (χ1) is 14.4. The molecule has 7 nitrogen and oxygen atoms in total. The zero-order valence-electron chi connectivity index (χ0n) is 15.7. The van der Waals surface area contributed by atoms with Crippen LogP contribution in [-0.2, 0) is 14.4 Å². The van der Waals surface area contributed by atoms with Crippen LogP contribution in [0.3, 0.4) is 0 Å². The molecule has 2 aliphatic rings. The van der Waals surface area contributed by atoms with Crippen molar-refractivity contribution in [3.63, 3.8) is 0 Å². The van der Waals surface area contributed by atoms with Crippen LogP contribution in [0.4, 0.5) is 11.4 Å². The minimum Gasteiger partial charge on any atom is -0.298 e. The van der Waals surface area contributed by atoms with Crippen molar-refractivity contribution < 1.29 is 14.4 Å². The van der Waals surface area contributed by atoms with Crippen molar-refractivity contribution in [2.75, 3.05) is 9.91 Å². The predicted molar refractivity (Wildman–Crippen MR) is 121 cm³/mol. The van der Waals surface area contributed by atoms with Gasteiger partial charge in [-0.1, -0.05) is 34.1 Å². The average molecular weight is 483 g/mol. The average Bonchev–Trinajstić information content (AvgIpc) is 3.01. The third kappa shape index (κ3) is 3.57. The van der Waals surface area contributed by atoms with Gasteiger partial charge in [-0.2, -0.15) is 10.1 Å². The zero-order chi connectivity index (χ0) is 21.4. The van der Waals surface area contributed by atoms with Crippen molar-refractivity contribution in [2.24, 2.45) is 11.0 Å². The van der Waals surface area contributed by atoms with Crippen LogP contribution in [-0.4, -0.2) is 28.5 Å². The Morgan fingerprint density at radius 1 is 1.03 bits per heavy atom. The van der Waals surface area contributed by atoms with E-state index >= 15 is 0 Å². The summed E-state index contributed by atoms with van der Waals surface area (Å²) in [5.41, 5.74) is 1.45. The van der Waals surface area contributed by atoms with E-state index in [0.717, 1.165) is 4.47 Å². The summed E-state index contributed by atoms with van der Waals surface area (Å²) >= 11 is 8.54. The number of thiocarbonyl (C=S) groups is 1. The Morgan fingerprint density at radius 2 is 1.70 bits per heavy atom. The van der Waals surface area contributed by atoms with Gasteiger partial charge in [0.2, 0.25) is 0 Å². The van der Waals surface area contributed by atoms with E-state index in [0.29, 0.717) is 17.1 Å². The summed E-state index contributed by atoms with van der Waals surface area (Å²) in [6.45, 7) is 1.69. The number of rotatable bonds is 3. The normalized spacial score (nSPS) is 20.7. The Bertz CT molecular complexity index is 1130. The highest BCUT2D eigenvalue weighted by Gasteiger charge is 2.39. The summed E-state index contributed by atoms with van der Waals surface area (Å²) < 4.78 is 0.839. The topological polar surface area (TPSA) is 82.1 Å². The largest absolute Gasteiger partial charge is 0.298 e. The maximum Gasteiger partial charge on any atom is 0.269 e. The van der Waals surface area contributed by atoms with Crippen LogP contribution >= 0.6 is 28.1 Å². The van der Waals surface area contributed by atoms with E-state index in [1.165, 1.54) is 16.0 Å². The van der Waals surface area contributed by atoms with E-state index in [1.807, 2.05) is 6.07 Å². The van der Waals surface area contributed by atoms with E-state index < -0.39 is 17.7 Å². The number of benzene rings is 2. The molecule has 0 spiro atoms. The number of nitrogens with one attached hydrogen (secondary N) is 1. The van der Waals surface area contributed by atoms with Crippen molar-refractivity contribution in [3.8, 4) is 0 Å². The number of hydrogen-bond donors (Lipinski definition) is 1. The number of carbonyl (C=O) groups excluding carboxylic acids is 3. The van der Waals surface area contributed by atoms with Gasteiger partial charge in [0.05, 0.1) is 23.0 Å². The maximum absolute atomic E-state index is 13.1. The third-order valence-electron chi connectivity index (χ3n) is 4.70. The van der Waals surface area contributed by atoms with E-state index in [1.54, 1.807) is 55.5 Å². The summed E-state index contributed by atoms with van der Waals surface area (Å²) in [7, 11) is 0. The molecule has 0 aromatic heterocycles. The SMILES string of the molecule is CC1=NN(c2ccccc2)C(=O)C1/C=C1\C(=O)NC(=S)N(c2ccc(Br)cc2)C1=O. The van der Waals surface area contributed by atoms with Crippen molar-refractivity contribution in [2.45, 2.75) is 6.92 Å². The Kier molecular flexibility index (Phi) is 5.31. The van der Waals surface area contributed by atoms with Crippen LogP contribution in [0.5, 0.6) is 0 Å². The lowest BCUT2D eigenvalue weighted by Crippen LogP contribution is -2.54. The monoisotopic (exact) mass is 482 g/mol. The van der Waals surface area contributed by atoms with E-state index in [2.05, 4.69) is 26.3 Å². The molecule has 0 saturated carbocycles. The number of carbonyl (C=O) groups is 3. The van der Waals surface area contributed by atoms with Crippen molar-refractivity contribution in [1.82, 2.24) is 5.32 Å². The number of amides is 3. The number of para-hydroxylation sites is 1. The van der Waals surface area contributed by atoms with Crippen molar-refractivity contribution >= 4 is 68.1 Å². The molecule has 2 aromatic rings. The van der Waals surface area contributed by atoms with Crippen LogP contribution in [0.2, 0.25) is 0 Å². The molecule has 2 aliphatic heterocycles. The second kappa shape index (κ2) is 7.92. The molecule has 1 atom stereocenters. The lowest BCUT2D eigenvalue weighted by Gasteiger charge is -2.29. The fourth-order valence-corrected chi connectivity index (χ4v) is 3.74. The minimum atomic E-state index is -0.826. The minimum absolute atomic E-state index is 0.0153. The summed E-state index contributed by atoms with van der Waals surface area (Å²) in [5.74, 6) is -2.40. The van der Waals surface area contributed by atoms with E-state index in [9.17, 15) is 14.4 Å². The van der Waals surface area contributed by atoms with Gasteiger partial charge in [-0.3, -0.25) is 24.6 Å². The van der Waals surface area contributed by atoms with Gasteiger partial charge in [0.15, 0.2) is 5.11 Å². The Labute approximate surface area is 186 Å². The molecule has 2 aromatic carbocycles. The van der Waals surface area contributed by atoms with Crippen LogP contribution in [0, 0.1) is 5.92 Å². The predicted octanol–water partition coefficient (Wildman–Crippen LogP) is 3.16. The van der Waals surface area contributed by atoms with Gasteiger partial charge in [0, 0.05) is 4.47 Å². The molecule has 9 heteroatoms. The molecule has 1 fully saturated rings. The highest BCUT2D eigenvalue weighted by molar-refractivity contribution is 9.10. The van der Waals surface area contributed by atoms with Crippen LogP contribution in [0.25, 0.3) is 0 Å². The quantitative estimate of drug-likeness (QED) is 0.413. The smallest absolute Gasteiger partial charge is 0.269 e. The number of nitrogens with zero attached hydrogens (tertiary/aromatic N) is 3. The molecule has 150 valence electrons. The summed E-state index contributed by atoms with van der Waals surface area (Å²) in [5, 5.41) is 8.09. The Morgan fingerprint density at radius 3 is 2.37 bits per heavy atom. The molecule has 4 rings (SSSR count). The van der Waals surface area contributed by atoms with Gasteiger partial charge < -0.3 is 0 Å². The van der Waals surface area contributed by atoms with Gasteiger partial charge in [-0.25, -0.2) is 0 Å². The highest BCUT2D eigenvalue weighted by Crippen LogP contribution is 2.27. The zero-order valence-corrected chi connectivity index (χ0v) is 18.1. The molecule has 1 unspecified atom stereocenters. The fourth-order valence-electron chi connectivity index (χ4n) is 3.19. The number of hydrogen-bond acceptors (Lipinski definition) is 5. The van der Waals surface area contributed by atoms with Gasteiger partial charge in [0.25, 0.3) is 17.7 Å². The second-order valence-corrected chi connectivity index (χ2v) is 7.96. The van der Waals surface area contributed by atoms with E-state index in [4.69, 9.17) is 12.2 Å². The van der Waals surface area contributed by atoms with Gasteiger partial charge >= 0.3 is 0 Å². The van der Waals surface area contributed by atoms with Crippen molar-refractivity contribution in [1.29, 1.82) is 0 Å². The lowest BCUT2D eigenvalue weighted by atomic mass is 9.98. The van der Waals surface area contributed by atoms with Crippen LogP contribution < -0.4 is 15.2 Å². The molecule has 0 aliphatic carbocycles. The Balaban J connectivity index is 1.67. The third-order valence-corrected chi connectivity index (χ3v) is 5.52. The fraction of sp³-hybridized carbons (Fsp3) is 0.0952. The molecular weight excluding hydrogens is 468 g/mol. The van der Waals surface area contributed by atoms with Crippen LogP contribution in [0.1, 0.15) is 6.92 Å². The lowest BCUT2D eigenvalue weighted by molar-refractivity contribution is -0.122. The molecule has 1 N–H and O–H groups in total. The van der Waals surface area contributed by atoms with Gasteiger partial charge in [0.1, 0.15) is 5.57 Å². The second-order valence-electron chi connectivity index (χ2n) is 6.66. The van der Waals surface area contributed by atoms with Crippen LogP contribution in [0.15, 0.2) is 75.8 Å².